The monoisotopic (exact) mass is 230 g/mol. The van der Waals surface area contributed by atoms with Crippen LogP contribution in [0.15, 0.2) is 0 Å². The summed E-state index contributed by atoms with van der Waals surface area (Å²) in [5.41, 5.74) is 0. The first-order valence-corrected chi connectivity index (χ1v) is 5.53. The number of esters is 1. The quantitative estimate of drug-likeness (QED) is 0.592. The fraction of sp³-hybridized carbons (Fsp3) is 0.818. The second-order valence-corrected chi connectivity index (χ2v) is 3.86. The third kappa shape index (κ3) is 7.23. The van der Waals surface area contributed by atoms with Gasteiger partial charge in [0.05, 0.1) is 13.0 Å². The lowest BCUT2D eigenvalue weighted by atomic mass is 10.3. The van der Waals surface area contributed by atoms with Crippen molar-refractivity contribution >= 4 is 11.9 Å². The van der Waals surface area contributed by atoms with Crippen molar-refractivity contribution in [3.05, 3.63) is 0 Å². The summed E-state index contributed by atoms with van der Waals surface area (Å²) in [4.78, 5) is 26.1. The van der Waals surface area contributed by atoms with Crippen LogP contribution < -0.4 is 0 Å². The summed E-state index contributed by atoms with van der Waals surface area (Å²) in [6.45, 7) is 5.54. The van der Waals surface area contributed by atoms with Gasteiger partial charge in [0.2, 0.25) is 5.91 Å². The van der Waals surface area contributed by atoms with Crippen LogP contribution in [0.3, 0.4) is 0 Å². The Bertz CT molecular complexity index is 229. The van der Waals surface area contributed by atoms with Crippen LogP contribution >= 0.6 is 0 Å². The van der Waals surface area contributed by atoms with Crippen molar-refractivity contribution in [1.29, 1.82) is 0 Å². The van der Waals surface area contributed by atoms with Gasteiger partial charge in [-0.1, -0.05) is 0 Å². The SMILES string of the molecule is CCOC(=O)CCN(CCN(C)C)C(C)=O. The molecule has 0 unspecified atom stereocenters. The van der Waals surface area contributed by atoms with Crippen molar-refractivity contribution in [2.75, 3.05) is 40.3 Å². The second kappa shape index (κ2) is 8.10. The van der Waals surface area contributed by atoms with E-state index in [0.717, 1.165) is 6.54 Å². The Morgan fingerprint density at radius 1 is 1.12 bits per heavy atom. The number of nitrogens with zero attached hydrogens (tertiary/aromatic N) is 2. The number of likely N-dealkylation sites (N-methyl/N-ethyl adjacent to an activating group) is 1. The van der Waals surface area contributed by atoms with Gasteiger partial charge in [-0.05, 0) is 21.0 Å². The standard InChI is InChI=1S/C11H22N2O3/c1-5-16-11(15)6-7-13(10(2)14)9-8-12(3)4/h5-9H2,1-4H3. The van der Waals surface area contributed by atoms with Crippen molar-refractivity contribution in [1.82, 2.24) is 9.80 Å². The van der Waals surface area contributed by atoms with Gasteiger partial charge in [-0.25, -0.2) is 0 Å². The zero-order valence-electron chi connectivity index (χ0n) is 10.7. The summed E-state index contributed by atoms with van der Waals surface area (Å²) >= 11 is 0. The molecule has 5 nitrogen and oxygen atoms in total. The Labute approximate surface area is 97.3 Å². The number of carbonyl (C=O) groups is 2. The third-order valence-electron chi connectivity index (χ3n) is 2.15. The normalized spacial score (nSPS) is 10.3. The number of amides is 1. The fourth-order valence-corrected chi connectivity index (χ4v) is 1.21. The summed E-state index contributed by atoms with van der Waals surface area (Å²) in [5.74, 6) is -0.259. The minimum atomic E-state index is -0.251. The highest BCUT2D eigenvalue weighted by atomic mass is 16.5. The highest BCUT2D eigenvalue weighted by Crippen LogP contribution is 1.95. The van der Waals surface area contributed by atoms with E-state index in [0.29, 0.717) is 19.7 Å². The lowest BCUT2D eigenvalue weighted by Crippen LogP contribution is -2.36. The summed E-state index contributed by atoms with van der Waals surface area (Å²) in [5, 5.41) is 0. The van der Waals surface area contributed by atoms with E-state index >= 15 is 0 Å². The number of hydrogen-bond acceptors (Lipinski definition) is 4. The number of hydrogen-bond donors (Lipinski definition) is 0. The zero-order valence-corrected chi connectivity index (χ0v) is 10.7. The first-order chi connectivity index (χ1) is 7.47. The van der Waals surface area contributed by atoms with E-state index in [1.54, 1.807) is 11.8 Å². The van der Waals surface area contributed by atoms with Gasteiger partial charge in [-0.3, -0.25) is 9.59 Å². The number of carbonyl (C=O) groups excluding carboxylic acids is 2. The molecular weight excluding hydrogens is 208 g/mol. The lowest BCUT2D eigenvalue weighted by Gasteiger charge is -2.22. The van der Waals surface area contributed by atoms with Crippen LogP contribution in [0.1, 0.15) is 20.3 Å². The van der Waals surface area contributed by atoms with Crippen molar-refractivity contribution in [2.24, 2.45) is 0 Å². The molecule has 0 heterocycles. The van der Waals surface area contributed by atoms with E-state index < -0.39 is 0 Å². The minimum absolute atomic E-state index is 0.00820. The van der Waals surface area contributed by atoms with Crippen LogP contribution in [0.5, 0.6) is 0 Å². The lowest BCUT2D eigenvalue weighted by molar-refractivity contribution is -0.144. The smallest absolute Gasteiger partial charge is 0.307 e. The molecule has 0 fully saturated rings. The van der Waals surface area contributed by atoms with Crippen LogP contribution in [0.4, 0.5) is 0 Å². The Kier molecular flexibility index (Phi) is 7.54. The molecule has 0 aromatic rings. The summed E-state index contributed by atoms with van der Waals surface area (Å²) in [6, 6.07) is 0. The van der Waals surface area contributed by atoms with Gasteiger partial charge in [0.15, 0.2) is 0 Å². The molecule has 5 heteroatoms. The molecule has 0 radical (unpaired) electrons. The summed E-state index contributed by atoms with van der Waals surface area (Å²) in [7, 11) is 3.90. The predicted molar refractivity (Wildman–Crippen MR) is 62.1 cm³/mol. The molecule has 16 heavy (non-hydrogen) atoms. The number of ether oxygens (including phenoxy) is 1. The summed E-state index contributed by atoms with van der Waals surface area (Å²) in [6.07, 6.45) is 0.265. The van der Waals surface area contributed by atoms with E-state index in [1.165, 1.54) is 6.92 Å². The Morgan fingerprint density at radius 3 is 2.19 bits per heavy atom. The molecule has 0 rings (SSSR count). The number of rotatable bonds is 7. The molecule has 0 bridgehead atoms. The first kappa shape index (κ1) is 14.9. The first-order valence-electron chi connectivity index (χ1n) is 5.53. The Balaban J connectivity index is 3.94. The Hall–Kier alpha value is -1.10. The van der Waals surface area contributed by atoms with Gasteiger partial charge in [-0.15, -0.1) is 0 Å². The predicted octanol–water partition coefficient (Wildman–Crippen LogP) is 0.350. The average Bonchev–Trinajstić information content (AvgIpc) is 2.17. The highest BCUT2D eigenvalue weighted by Gasteiger charge is 2.11. The molecular formula is C11H22N2O3. The molecule has 0 atom stereocenters. The topological polar surface area (TPSA) is 49.9 Å². The molecule has 0 spiro atoms. The van der Waals surface area contributed by atoms with Crippen LogP contribution in [0.25, 0.3) is 0 Å². The van der Waals surface area contributed by atoms with Crippen LogP contribution in [-0.4, -0.2) is 62.0 Å². The van der Waals surface area contributed by atoms with Crippen molar-refractivity contribution < 1.29 is 14.3 Å². The highest BCUT2D eigenvalue weighted by molar-refractivity contribution is 5.75. The van der Waals surface area contributed by atoms with E-state index in [2.05, 4.69) is 0 Å². The molecule has 0 aromatic carbocycles. The van der Waals surface area contributed by atoms with Gasteiger partial charge in [0.1, 0.15) is 0 Å². The molecule has 0 aromatic heterocycles. The maximum absolute atomic E-state index is 11.3. The van der Waals surface area contributed by atoms with Crippen LogP contribution in [0.2, 0.25) is 0 Å². The van der Waals surface area contributed by atoms with Crippen molar-refractivity contribution in [2.45, 2.75) is 20.3 Å². The van der Waals surface area contributed by atoms with Crippen LogP contribution in [-0.2, 0) is 14.3 Å². The van der Waals surface area contributed by atoms with Crippen molar-refractivity contribution in [3.63, 3.8) is 0 Å². The summed E-state index contributed by atoms with van der Waals surface area (Å²) < 4.78 is 4.81. The molecule has 94 valence electrons. The van der Waals surface area contributed by atoms with Gasteiger partial charge in [0.25, 0.3) is 0 Å². The van der Waals surface area contributed by atoms with E-state index in [4.69, 9.17) is 4.74 Å². The molecule has 0 aliphatic heterocycles. The largest absolute Gasteiger partial charge is 0.466 e. The van der Waals surface area contributed by atoms with E-state index in [1.807, 2.05) is 19.0 Å². The fourth-order valence-electron chi connectivity index (χ4n) is 1.21. The van der Waals surface area contributed by atoms with Gasteiger partial charge < -0.3 is 14.5 Å². The molecule has 1 amide bonds. The van der Waals surface area contributed by atoms with Gasteiger partial charge >= 0.3 is 5.97 Å². The van der Waals surface area contributed by atoms with E-state index in [9.17, 15) is 9.59 Å². The van der Waals surface area contributed by atoms with Gasteiger partial charge in [-0.2, -0.15) is 0 Å². The minimum Gasteiger partial charge on any atom is -0.466 e. The second-order valence-electron chi connectivity index (χ2n) is 3.86. The Morgan fingerprint density at radius 2 is 1.75 bits per heavy atom. The van der Waals surface area contributed by atoms with E-state index in [-0.39, 0.29) is 18.3 Å². The van der Waals surface area contributed by atoms with Crippen molar-refractivity contribution in [3.8, 4) is 0 Å². The molecule has 0 saturated carbocycles. The third-order valence-corrected chi connectivity index (χ3v) is 2.15. The van der Waals surface area contributed by atoms with Crippen LogP contribution in [0, 0.1) is 0 Å². The average molecular weight is 230 g/mol. The molecule has 0 aliphatic rings. The van der Waals surface area contributed by atoms with Gasteiger partial charge in [0, 0.05) is 26.6 Å². The molecule has 0 saturated heterocycles. The maximum atomic E-state index is 11.3. The maximum Gasteiger partial charge on any atom is 0.307 e. The zero-order chi connectivity index (χ0) is 12.6. The molecule has 0 N–H and O–H groups in total. The molecule has 0 aliphatic carbocycles.